The van der Waals surface area contributed by atoms with Gasteiger partial charge in [-0.3, -0.25) is 4.68 Å². The van der Waals surface area contributed by atoms with Gasteiger partial charge in [0.25, 0.3) is 6.85 Å². The molecule has 8 rings (SSSR count). The third-order valence-corrected chi connectivity index (χ3v) is 7.43. The minimum atomic E-state index is -0.0745. The van der Waals surface area contributed by atoms with Crippen LogP contribution in [0.1, 0.15) is 0 Å². The van der Waals surface area contributed by atoms with E-state index in [9.17, 15) is 0 Å². The van der Waals surface area contributed by atoms with E-state index in [4.69, 9.17) is 0 Å². The van der Waals surface area contributed by atoms with Gasteiger partial charge in [0.15, 0.2) is 0 Å². The molecule has 0 spiro atoms. The largest absolute Gasteiger partial charge is 0.510 e. The van der Waals surface area contributed by atoms with Gasteiger partial charge in [0, 0.05) is 44.8 Å². The second-order valence-electron chi connectivity index (χ2n) is 9.59. The minimum absolute atomic E-state index is 0. The zero-order valence-electron chi connectivity index (χ0n) is 20.5. The summed E-state index contributed by atoms with van der Waals surface area (Å²) in [5.74, 6) is 0. The second-order valence-corrected chi connectivity index (χ2v) is 9.59. The first-order valence-electron chi connectivity index (χ1n) is 12.4. The molecule has 0 N–H and O–H groups in total. The van der Waals surface area contributed by atoms with Gasteiger partial charge in [-0.15, -0.1) is 28.9 Å². The molecule has 0 saturated carbocycles. The van der Waals surface area contributed by atoms with E-state index in [1.165, 1.54) is 33.6 Å². The van der Waals surface area contributed by atoms with Gasteiger partial charge in [-0.1, -0.05) is 47.5 Å². The molecule has 0 radical (unpaired) electrons. The molecule has 0 fully saturated rings. The van der Waals surface area contributed by atoms with E-state index in [0.29, 0.717) is 0 Å². The predicted molar refractivity (Wildman–Crippen MR) is 149 cm³/mol. The van der Waals surface area contributed by atoms with Crippen LogP contribution in [0.5, 0.6) is 0 Å². The summed E-state index contributed by atoms with van der Waals surface area (Å²) >= 11 is 0. The van der Waals surface area contributed by atoms with E-state index in [2.05, 4.69) is 113 Å². The van der Waals surface area contributed by atoms with Gasteiger partial charge in [-0.2, -0.15) is 47.0 Å². The summed E-state index contributed by atoms with van der Waals surface area (Å²) in [4.78, 5) is 6.63. The van der Waals surface area contributed by atoms with Crippen LogP contribution in [0.3, 0.4) is 0 Å². The average molecular weight is 669 g/mol. The molecule has 0 unspecified atom stereocenters. The van der Waals surface area contributed by atoms with Crippen LogP contribution in [0.2, 0.25) is 0 Å². The summed E-state index contributed by atoms with van der Waals surface area (Å²) in [7, 11) is 2.03. The fourth-order valence-electron chi connectivity index (χ4n) is 5.82. The van der Waals surface area contributed by atoms with Gasteiger partial charge in [-0.05, 0) is 43.3 Å². The molecule has 0 amide bonds. The first-order valence-corrected chi connectivity index (χ1v) is 12.4. The van der Waals surface area contributed by atoms with Gasteiger partial charge in [0.2, 0.25) is 0 Å². The van der Waals surface area contributed by atoms with Crippen LogP contribution in [0.15, 0.2) is 104 Å². The van der Waals surface area contributed by atoms with Crippen LogP contribution in [0, 0.1) is 18.8 Å². The Labute approximate surface area is 237 Å². The number of hydrogen-bond acceptors (Lipinski definition) is 4. The maximum atomic E-state index is 4.48. The van der Waals surface area contributed by atoms with Crippen molar-refractivity contribution >= 4 is 34.8 Å². The van der Waals surface area contributed by atoms with Crippen molar-refractivity contribution < 1.29 is 21.1 Å². The van der Waals surface area contributed by atoms with E-state index in [-0.39, 0.29) is 27.9 Å². The monoisotopic (exact) mass is 669 g/mol. The minimum Gasteiger partial charge on any atom is -0.510 e. The first kappa shape index (κ1) is 23.1. The Bertz CT molecular complexity index is 1710. The normalized spacial score (nSPS) is 14.3. The number of benzene rings is 4. The Balaban J connectivity index is 0.00000242. The maximum Gasteiger partial charge on any atom is 0.278 e. The Hall–Kier alpha value is -4.02. The molecule has 4 aromatic carbocycles. The molecular formula is C31H21BN5Pt-3. The van der Waals surface area contributed by atoms with Crippen molar-refractivity contribution in [2.45, 2.75) is 0 Å². The zero-order chi connectivity index (χ0) is 24.5. The van der Waals surface area contributed by atoms with E-state index in [1.807, 2.05) is 35.1 Å². The van der Waals surface area contributed by atoms with Crippen LogP contribution >= 0.6 is 0 Å². The standard InChI is InChI=1S/C31H21BN5.Pt/c1-34-17-18-35(21-34)22-11-13-24-26-7-2-4-9-30(26)37-31-10-5-3-8-27(31)25-14-12-23(36-16-6-15-33-36)20-29(25)32(37)28(24)19-22;/h2-18,21H,1H3;/q-3;. The quantitative estimate of drug-likeness (QED) is 0.201. The van der Waals surface area contributed by atoms with Crippen LogP contribution in [-0.2, 0) is 21.1 Å². The zero-order valence-corrected chi connectivity index (χ0v) is 22.8. The summed E-state index contributed by atoms with van der Waals surface area (Å²) in [6, 6.07) is 35.6. The molecule has 38 heavy (non-hydrogen) atoms. The molecule has 0 saturated heterocycles. The second kappa shape index (κ2) is 8.78. The summed E-state index contributed by atoms with van der Waals surface area (Å²) in [6.07, 6.45) is 7.88. The summed E-state index contributed by atoms with van der Waals surface area (Å²) in [5, 5.41) is 4.48. The number of aromatic nitrogens is 2. The third kappa shape index (κ3) is 3.33. The van der Waals surface area contributed by atoms with E-state index < -0.39 is 0 Å². The van der Waals surface area contributed by atoms with E-state index in [1.54, 1.807) is 6.20 Å². The number of hydrogen-bond donors (Lipinski definition) is 0. The third-order valence-electron chi connectivity index (χ3n) is 7.43. The van der Waals surface area contributed by atoms with Gasteiger partial charge < -0.3 is 14.6 Å². The van der Waals surface area contributed by atoms with Crippen molar-refractivity contribution in [2.24, 2.45) is 0 Å². The fourth-order valence-corrected chi connectivity index (χ4v) is 5.82. The number of rotatable bonds is 2. The molecule has 3 aliphatic rings. The molecule has 5 nitrogen and oxygen atoms in total. The topological polar surface area (TPSA) is 27.5 Å². The molecule has 1 aromatic heterocycles. The smallest absolute Gasteiger partial charge is 0.278 e. The van der Waals surface area contributed by atoms with Crippen molar-refractivity contribution in [1.82, 2.24) is 14.7 Å². The van der Waals surface area contributed by atoms with Crippen LogP contribution in [0.25, 0.3) is 27.9 Å². The van der Waals surface area contributed by atoms with Gasteiger partial charge >= 0.3 is 0 Å². The van der Waals surface area contributed by atoms with Crippen molar-refractivity contribution in [2.75, 3.05) is 16.8 Å². The Morgan fingerprint density at radius 2 is 1.34 bits per heavy atom. The summed E-state index contributed by atoms with van der Waals surface area (Å²) in [6.45, 7) is 1.99. The predicted octanol–water partition coefficient (Wildman–Crippen LogP) is 4.72. The average Bonchev–Trinajstić information content (AvgIpc) is 3.65. The molecule has 186 valence electrons. The Morgan fingerprint density at radius 1 is 0.711 bits per heavy atom. The van der Waals surface area contributed by atoms with Gasteiger partial charge in [0.1, 0.15) is 0 Å². The van der Waals surface area contributed by atoms with Crippen molar-refractivity contribution in [3.63, 3.8) is 0 Å². The Kier molecular flexibility index (Phi) is 5.34. The van der Waals surface area contributed by atoms with E-state index >= 15 is 0 Å². The summed E-state index contributed by atoms with van der Waals surface area (Å²) in [5.41, 5.74) is 11.5. The van der Waals surface area contributed by atoms with E-state index in [0.717, 1.165) is 22.3 Å². The Morgan fingerprint density at radius 3 is 1.95 bits per heavy atom. The molecular weight excluding hydrogens is 648 g/mol. The molecule has 0 aliphatic carbocycles. The van der Waals surface area contributed by atoms with Gasteiger partial charge in [0.05, 0.1) is 0 Å². The molecule has 4 heterocycles. The van der Waals surface area contributed by atoms with Crippen LogP contribution in [-0.4, -0.2) is 28.6 Å². The number of anilines is 3. The van der Waals surface area contributed by atoms with Crippen molar-refractivity contribution in [3.05, 3.63) is 122 Å². The molecule has 0 bridgehead atoms. The van der Waals surface area contributed by atoms with Crippen molar-refractivity contribution in [1.29, 1.82) is 0 Å². The molecule has 7 heteroatoms. The molecule has 0 atom stereocenters. The molecule has 3 aliphatic heterocycles. The molecule has 5 aromatic rings. The summed E-state index contributed by atoms with van der Waals surface area (Å²) < 4.78 is 1.88. The maximum absolute atomic E-state index is 4.48. The fraction of sp³-hybridized carbons (Fsp3) is 0.0323. The number of nitrogens with zero attached hydrogens (tertiary/aromatic N) is 5. The van der Waals surface area contributed by atoms with Crippen molar-refractivity contribution in [3.8, 4) is 27.9 Å². The first-order chi connectivity index (χ1) is 18.3. The van der Waals surface area contributed by atoms with Crippen LogP contribution in [0.4, 0.5) is 17.1 Å². The number of fused-ring (bicyclic) bond motifs is 11. The number of para-hydroxylation sites is 2. The van der Waals surface area contributed by atoms with Crippen LogP contribution < -0.4 is 20.6 Å². The van der Waals surface area contributed by atoms with Gasteiger partial charge in [-0.25, -0.2) is 0 Å². The SMILES string of the molecule is CN1C=CN(c2[c-]c3c(cc2)-c2ccccc2N2B3c3[c-]c(-n4cccn4)ccc3-c3ccccc32)[CH-]1.[Pt].